The summed E-state index contributed by atoms with van der Waals surface area (Å²) in [6.07, 6.45) is -1.40. The molecule has 0 aliphatic carbocycles. The number of nitrogens with zero attached hydrogens (tertiary/aromatic N) is 4. The Bertz CT molecular complexity index is 790. The molecule has 0 unspecified atom stereocenters. The molecule has 1 aliphatic rings. The molecule has 0 spiro atoms. The molecule has 24 heavy (non-hydrogen) atoms. The van der Waals surface area contributed by atoms with Gasteiger partial charge in [-0.3, -0.25) is 9.36 Å². The van der Waals surface area contributed by atoms with E-state index in [4.69, 9.17) is 10.5 Å². The van der Waals surface area contributed by atoms with Crippen LogP contribution in [-0.4, -0.2) is 71.7 Å². The van der Waals surface area contributed by atoms with E-state index >= 15 is 0 Å². The van der Waals surface area contributed by atoms with Gasteiger partial charge in [0.15, 0.2) is 23.8 Å². The fourth-order valence-corrected chi connectivity index (χ4v) is 2.89. The molecule has 5 N–H and O–H groups in total. The van der Waals surface area contributed by atoms with Crippen molar-refractivity contribution in [2.45, 2.75) is 30.5 Å². The predicted molar refractivity (Wildman–Crippen MR) is 77.7 cm³/mol. The number of nitrogen functional groups attached to an aromatic ring is 1. The zero-order chi connectivity index (χ0) is 17.7. The van der Waals surface area contributed by atoms with E-state index in [1.165, 1.54) is 17.8 Å². The van der Waals surface area contributed by atoms with Gasteiger partial charge in [-0.25, -0.2) is 14.4 Å². The Labute approximate surface area is 134 Å². The van der Waals surface area contributed by atoms with Crippen LogP contribution in [0.3, 0.4) is 0 Å². The van der Waals surface area contributed by atoms with Crippen LogP contribution in [0, 0.1) is 0 Å². The molecule has 0 bridgehead atoms. The zero-order valence-electron chi connectivity index (χ0n) is 12.6. The Hall–Kier alpha value is -2.21. The smallest absolute Gasteiger partial charge is 0.222 e. The lowest BCUT2D eigenvalue weighted by molar-refractivity contribution is -0.137. The number of aldehydes is 1. The molecule has 4 atom stereocenters. The number of carbonyl (C=O) groups is 1. The first-order valence-corrected chi connectivity index (χ1v) is 7.01. The van der Waals surface area contributed by atoms with Crippen molar-refractivity contribution in [2.75, 3.05) is 19.0 Å². The largest absolute Gasteiger partial charge is 0.393 e. The van der Waals surface area contributed by atoms with Crippen molar-refractivity contribution in [3.63, 3.8) is 0 Å². The first-order chi connectivity index (χ1) is 11.3. The number of aromatic nitrogens is 4. The summed E-state index contributed by atoms with van der Waals surface area (Å²) < 4.78 is 20.0. The third kappa shape index (κ3) is 2.09. The van der Waals surface area contributed by atoms with Crippen LogP contribution in [0.4, 0.5) is 10.3 Å². The predicted octanol–water partition coefficient (Wildman–Crippen LogP) is -1.44. The monoisotopic (exact) mass is 341 g/mol. The van der Waals surface area contributed by atoms with Crippen molar-refractivity contribution in [1.29, 1.82) is 0 Å². The van der Waals surface area contributed by atoms with Crippen LogP contribution < -0.4 is 5.73 Å². The molecule has 1 fully saturated rings. The van der Waals surface area contributed by atoms with Gasteiger partial charge in [0.05, 0.1) is 12.9 Å². The van der Waals surface area contributed by atoms with E-state index in [0.717, 1.165) is 0 Å². The van der Waals surface area contributed by atoms with Crippen molar-refractivity contribution < 1.29 is 29.2 Å². The van der Waals surface area contributed by atoms with Gasteiger partial charge in [-0.1, -0.05) is 0 Å². The van der Waals surface area contributed by atoms with E-state index in [-0.39, 0.29) is 22.8 Å². The Morgan fingerprint density at radius 3 is 2.79 bits per heavy atom. The fraction of sp³-hybridized carbons (Fsp3) is 0.538. The lowest BCUT2D eigenvalue weighted by Gasteiger charge is -2.29. The average Bonchev–Trinajstić information content (AvgIpc) is 3.05. The Kier molecular flexibility index (Phi) is 3.75. The lowest BCUT2D eigenvalue weighted by atomic mass is 9.88. The summed E-state index contributed by atoms with van der Waals surface area (Å²) in [6.45, 7) is -0.840. The second-order valence-electron chi connectivity index (χ2n) is 5.86. The van der Waals surface area contributed by atoms with Crippen LogP contribution in [0.2, 0.25) is 0 Å². The van der Waals surface area contributed by atoms with Crippen LogP contribution in [0.25, 0.3) is 11.2 Å². The molecule has 3 heterocycles. The minimum atomic E-state index is -1.99. The van der Waals surface area contributed by atoms with E-state index in [1.807, 2.05) is 0 Å². The van der Waals surface area contributed by atoms with Crippen LogP contribution in [0.1, 0.15) is 23.6 Å². The standard InChI is InChI=1S/C13H16FN5O5/c1-12(23)9(22)13(3-14,4-21)24-10(12)19-5-16-7-6(2-20)17-11(15)18-8(7)19/h2,5,9-10,21-23H,3-4H2,1H3,(H2,15,17,18)/t9-,10+,12+,13+/m0/s1. The zero-order valence-corrected chi connectivity index (χ0v) is 12.6. The van der Waals surface area contributed by atoms with Gasteiger partial charge in [-0.2, -0.15) is 4.98 Å². The van der Waals surface area contributed by atoms with Crippen LogP contribution >= 0.6 is 0 Å². The minimum absolute atomic E-state index is 0.0617. The number of fused-ring (bicyclic) bond motifs is 1. The normalized spacial score (nSPS) is 33.2. The second-order valence-corrected chi connectivity index (χ2v) is 5.86. The number of aliphatic hydroxyl groups excluding tert-OH is 2. The third-order valence-corrected chi connectivity index (χ3v) is 4.22. The molecule has 0 saturated carbocycles. The summed E-state index contributed by atoms with van der Waals surface area (Å²) in [4.78, 5) is 22.8. The molecule has 130 valence electrons. The topological polar surface area (TPSA) is 157 Å². The highest BCUT2D eigenvalue weighted by atomic mass is 19.1. The van der Waals surface area contributed by atoms with Gasteiger partial charge in [0.25, 0.3) is 0 Å². The molecule has 11 heteroatoms. The van der Waals surface area contributed by atoms with Gasteiger partial charge >= 0.3 is 0 Å². The van der Waals surface area contributed by atoms with E-state index in [1.54, 1.807) is 0 Å². The van der Waals surface area contributed by atoms with E-state index in [0.29, 0.717) is 6.29 Å². The molecule has 1 aliphatic heterocycles. The summed E-state index contributed by atoms with van der Waals surface area (Å²) in [5.74, 6) is -0.205. The number of ether oxygens (including phenoxy) is 1. The maximum absolute atomic E-state index is 13.4. The number of anilines is 1. The maximum atomic E-state index is 13.4. The molecular weight excluding hydrogens is 325 g/mol. The van der Waals surface area contributed by atoms with Gasteiger partial charge in [-0.05, 0) is 6.92 Å². The third-order valence-electron chi connectivity index (χ3n) is 4.22. The van der Waals surface area contributed by atoms with Crippen molar-refractivity contribution in [2.24, 2.45) is 0 Å². The molecule has 1 saturated heterocycles. The first kappa shape index (κ1) is 16.6. The molecule has 0 aromatic carbocycles. The molecule has 10 nitrogen and oxygen atoms in total. The maximum Gasteiger partial charge on any atom is 0.222 e. The fourth-order valence-electron chi connectivity index (χ4n) is 2.89. The van der Waals surface area contributed by atoms with E-state index in [2.05, 4.69) is 15.0 Å². The summed E-state index contributed by atoms with van der Waals surface area (Å²) in [5.41, 5.74) is 1.70. The number of carbonyl (C=O) groups excluding carboxylic acids is 1. The number of rotatable bonds is 4. The number of aliphatic hydroxyl groups is 3. The molecular formula is C13H16FN5O5. The number of nitrogens with two attached hydrogens (primary N) is 1. The quantitative estimate of drug-likeness (QED) is 0.489. The van der Waals surface area contributed by atoms with Crippen LogP contribution in [0.5, 0.6) is 0 Å². The van der Waals surface area contributed by atoms with Crippen molar-refractivity contribution >= 4 is 23.4 Å². The number of alkyl halides is 1. The number of hydrogen-bond donors (Lipinski definition) is 4. The van der Waals surface area contributed by atoms with Crippen molar-refractivity contribution in [3.05, 3.63) is 12.0 Å². The highest BCUT2D eigenvalue weighted by molar-refractivity contribution is 5.91. The molecule has 2 aromatic heterocycles. The van der Waals surface area contributed by atoms with Gasteiger partial charge in [0.2, 0.25) is 5.95 Å². The average molecular weight is 341 g/mol. The summed E-state index contributed by atoms with van der Waals surface area (Å²) in [6, 6.07) is 0. The van der Waals surface area contributed by atoms with Crippen molar-refractivity contribution in [3.8, 4) is 0 Å². The SMILES string of the molecule is C[C@@]1(O)[C@H](O)[C@](CO)(CF)O[C@H]1n1cnc2c(C=O)nc(N)nc21. The Morgan fingerprint density at radius 1 is 1.54 bits per heavy atom. The summed E-state index contributed by atoms with van der Waals surface area (Å²) in [5, 5.41) is 30.3. The van der Waals surface area contributed by atoms with Crippen LogP contribution in [0.15, 0.2) is 6.33 Å². The van der Waals surface area contributed by atoms with Gasteiger partial charge < -0.3 is 25.8 Å². The van der Waals surface area contributed by atoms with Gasteiger partial charge in [0.1, 0.15) is 29.6 Å². The highest BCUT2D eigenvalue weighted by Crippen LogP contribution is 2.45. The van der Waals surface area contributed by atoms with E-state index in [9.17, 15) is 24.5 Å². The molecule has 0 amide bonds. The summed E-state index contributed by atoms with van der Waals surface area (Å²) in [7, 11) is 0. The highest BCUT2D eigenvalue weighted by Gasteiger charge is 2.62. The summed E-state index contributed by atoms with van der Waals surface area (Å²) >= 11 is 0. The Balaban J connectivity index is 2.17. The second kappa shape index (κ2) is 5.41. The number of hydrogen-bond acceptors (Lipinski definition) is 9. The molecule has 3 rings (SSSR count). The van der Waals surface area contributed by atoms with Gasteiger partial charge in [0, 0.05) is 0 Å². The molecule has 0 radical (unpaired) electrons. The first-order valence-electron chi connectivity index (χ1n) is 7.01. The Morgan fingerprint density at radius 2 is 2.25 bits per heavy atom. The van der Waals surface area contributed by atoms with Crippen LogP contribution in [-0.2, 0) is 4.74 Å². The lowest BCUT2D eigenvalue weighted by Crippen LogP contribution is -2.52. The number of imidazole rings is 1. The van der Waals surface area contributed by atoms with Crippen molar-refractivity contribution in [1.82, 2.24) is 19.5 Å². The minimum Gasteiger partial charge on any atom is -0.393 e. The van der Waals surface area contributed by atoms with E-state index < -0.39 is 36.8 Å². The molecule has 2 aromatic rings. The van der Waals surface area contributed by atoms with Gasteiger partial charge in [-0.15, -0.1) is 0 Å². The number of halogens is 1.